The van der Waals surface area contributed by atoms with Crippen molar-refractivity contribution in [2.45, 2.75) is 6.54 Å². The van der Waals surface area contributed by atoms with Gasteiger partial charge in [0.1, 0.15) is 0 Å². The van der Waals surface area contributed by atoms with Gasteiger partial charge in [-0.15, -0.1) is 23.3 Å². The highest BCUT2D eigenvalue weighted by molar-refractivity contribution is 7.75. The van der Waals surface area contributed by atoms with E-state index in [4.69, 9.17) is 4.52 Å². The molecule has 7 nitrogen and oxygen atoms in total. The van der Waals surface area contributed by atoms with E-state index in [9.17, 15) is 0 Å². The Labute approximate surface area is 176 Å². The molecule has 1 aromatic rings. The van der Waals surface area contributed by atoms with Gasteiger partial charge < -0.3 is 0 Å². The molecule has 0 saturated heterocycles. The van der Waals surface area contributed by atoms with Gasteiger partial charge in [-0.25, -0.2) is 14.0 Å². The summed E-state index contributed by atoms with van der Waals surface area (Å²) >= 11 is 0. The van der Waals surface area contributed by atoms with E-state index in [0.29, 0.717) is 0 Å². The quantitative estimate of drug-likeness (QED) is 0.540. The van der Waals surface area contributed by atoms with Crippen LogP contribution in [0.25, 0.3) is 0 Å². The minimum atomic E-state index is -2.15. The minimum Gasteiger partial charge on any atom is -0.249 e. The summed E-state index contributed by atoms with van der Waals surface area (Å²) in [6.45, 7) is 0.840. The van der Waals surface area contributed by atoms with E-state index in [1.165, 1.54) is 10.9 Å². The summed E-state index contributed by atoms with van der Waals surface area (Å²) in [5, 5.41) is 1.20. The lowest BCUT2D eigenvalue weighted by Crippen LogP contribution is -2.38. The SMILES string of the molecule is CN(C)P(=N[P+](N(C)C)(N(C)C)N(C)Cc1ccc(P)cc1)(N(C)C)N(C)C. The third-order valence-electron chi connectivity index (χ3n) is 4.77. The number of hydrogen-bond acceptors (Lipinski definition) is 4. The Kier molecular flexibility index (Phi) is 9.69. The molecule has 1 aromatic carbocycles. The van der Waals surface area contributed by atoms with E-state index < -0.39 is 15.4 Å². The standard InChI is InChI=1S/C18H41N7P3/c1-20(2)27(21(3)4,22(5)6)19-28(23(7)8,24(9)10)25(11)16-17-12-14-18(26)15-13-17/h12-15H,16,26H2,1-11H3/q+1. The first kappa shape index (κ1) is 26.1. The molecule has 0 fully saturated rings. The molecule has 0 radical (unpaired) electrons. The fraction of sp³-hybridized carbons (Fsp3) is 0.667. The predicted octanol–water partition coefficient (Wildman–Crippen LogP) is 3.05. The average molecular weight is 448 g/mol. The Morgan fingerprint density at radius 3 is 1.46 bits per heavy atom. The van der Waals surface area contributed by atoms with E-state index in [1.807, 2.05) is 0 Å². The normalized spacial score (nSPS) is 13.6. The third-order valence-corrected chi connectivity index (χ3v) is 13.5. The van der Waals surface area contributed by atoms with E-state index in [0.717, 1.165) is 6.54 Å². The van der Waals surface area contributed by atoms with Crippen LogP contribution in [0.5, 0.6) is 0 Å². The van der Waals surface area contributed by atoms with Gasteiger partial charge in [0.15, 0.2) is 0 Å². The van der Waals surface area contributed by atoms with Crippen LogP contribution in [0.2, 0.25) is 0 Å². The average Bonchev–Trinajstić information content (AvgIpc) is 2.56. The van der Waals surface area contributed by atoms with Gasteiger partial charge in [-0.3, -0.25) is 0 Å². The monoisotopic (exact) mass is 448 g/mol. The molecule has 0 heterocycles. The van der Waals surface area contributed by atoms with Crippen molar-refractivity contribution in [1.29, 1.82) is 0 Å². The molecule has 0 N–H and O–H groups in total. The molecule has 0 aromatic heterocycles. The van der Waals surface area contributed by atoms with Gasteiger partial charge in [-0.1, -0.05) is 24.3 Å². The molecule has 0 aliphatic carbocycles. The van der Waals surface area contributed by atoms with Crippen LogP contribution in [-0.4, -0.2) is 106 Å². The molecule has 10 heteroatoms. The van der Waals surface area contributed by atoms with E-state index in [2.05, 4.69) is 139 Å². The van der Waals surface area contributed by atoms with Crippen LogP contribution in [0.15, 0.2) is 28.8 Å². The van der Waals surface area contributed by atoms with Crippen molar-refractivity contribution in [2.24, 2.45) is 4.52 Å². The number of hydrogen-bond donors (Lipinski definition) is 0. The van der Waals surface area contributed by atoms with Crippen LogP contribution in [0.1, 0.15) is 5.56 Å². The van der Waals surface area contributed by atoms with Gasteiger partial charge in [0.2, 0.25) is 7.51 Å². The van der Waals surface area contributed by atoms with Gasteiger partial charge in [-0.2, -0.15) is 0 Å². The molecule has 0 aliphatic rings. The van der Waals surface area contributed by atoms with Gasteiger partial charge in [-0.05, 0) is 57.7 Å². The Morgan fingerprint density at radius 2 is 1.14 bits per heavy atom. The van der Waals surface area contributed by atoms with Crippen molar-refractivity contribution in [3.63, 3.8) is 0 Å². The van der Waals surface area contributed by atoms with Crippen molar-refractivity contribution in [3.8, 4) is 0 Å². The van der Waals surface area contributed by atoms with Crippen LogP contribution >= 0.6 is 24.6 Å². The zero-order valence-electron chi connectivity index (χ0n) is 19.6. The molecule has 0 aliphatic heterocycles. The molecular weight excluding hydrogens is 407 g/mol. The summed E-state index contributed by atoms with van der Waals surface area (Å²) in [6.07, 6.45) is 0. The van der Waals surface area contributed by atoms with Crippen LogP contribution in [0.3, 0.4) is 0 Å². The Bertz CT molecular complexity index is 636. The second kappa shape index (κ2) is 10.4. The lowest BCUT2D eigenvalue weighted by Gasteiger charge is -2.44. The zero-order chi connectivity index (χ0) is 21.9. The predicted molar refractivity (Wildman–Crippen MR) is 132 cm³/mol. The van der Waals surface area contributed by atoms with Crippen molar-refractivity contribution < 1.29 is 0 Å². The smallest absolute Gasteiger partial charge is 0.249 e. The first-order valence-electron chi connectivity index (χ1n) is 9.30. The van der Waals surface area contributed by atoms with Crippen LogP contribution < -0.4 is 5.30 Å². The molecule has 0 saturated carbocycles. The Hall–Kier alpha value is 0.0700. The summed E-state index contributed by atoms with van der Waals surface area (Å²) in [7, 11) is 22.1. The molecular formula is C18H41N7P3+. The van der Waals surface area contributed by atoms with Crippen molar-refractivity contribution in [1.82, 2.24) is 28.0 Å². The fourth-order valence-corrected chi connectivity index (χ4v) is 13.3. The van der Waals surface area contributed by atoms with Gasteiger partial charge >= 0.3 is 7.87 Å². The Morgan fingerprint density at radius 1 is 0.750 bits per heavy atom. The van der Waals surface area contributed by atoms with Gasteiger partial charge in [0.05, 0.1) is 6.54 Å². The second-order valence-corrected chi connectivity index (χ2v) is 16.2. The topological polar surface area (TPSA) is 31.8 Å². The van der Waals surface area contributed by atoms with Gasteiger partial charge in [0, 0.05) is 35.2 Å². The first-order valence-corrected chi connectivity index (χ1v) is 13.1. The van der Waals surface area contributed by atoms with Crippen molar-refractivity contribution in [2.75, 3.05) is 77.5 Å². The molecule has 1 unspecified atom stereocenters. The van der Waals surface area contributed by atoms with Gasteiger partial charge in [0.25, 0.3) is 0 Å². The Balaban J connectivity index is 3.66. The maximum atomic E-state index is 5.72. The minimum absolute atomic E-state index is 0.840. The third kappa shape index (κ3) is 5.21. The summed E-state index contributed by atoms with van der Waals surface area (Å²) in [6, 6.07) is 8.69. The maximum absolute atomic E-state index is 5.72. The van der Waals surface area contributed by atoms with Crippen molar-refractivity contribution in [3.05, 3.63) is 29.8 Å². The highest BCUT2D eigenvalue weighted by Crippen LogP contribution is 2.74. The fourth-order valence-electron chi connectivity index (χ4n) is 3.65. The highest BCUT2D eigenvalue weighted by atomic mass is 31.2. The summed E-state index contributed by atoms with van der Waals surface area (Å²) in [4.78, 5) is 0. The summed E-state index contributed by atoms with van der Waals surface area (Å²) < 4.78 is 19.6. The van der Waals surface area contributed by atoms with E-state index in [-0.39, 0.29) is 0 Å². The molecule has 162 valence electrons. The molecule has 1 rings (SSSR count). The second-order valence-electron chi connectivity index (χ2n) is 7.96. The lowest BCUT2D eigenvalue weighted by molar-refractivity contribution is 0.411. The number of rotatable bonds is 9. The van der Waals surface area contributed by atoms with Crippen LogP contribution in [0.4, 0.5) is 0 Å². The van der Waals surface area contributed by atoms with E-state index >= 15 is 0 Å². The maximum Gasteiger partial charge on any atom is 0.356 e. The first-order chi connectivity index (χ1) is 12.8. The molecule has 1 atom stereocenters. The largest absolute Gasteiger partial charge is 0.356 e. The summed E-state index contributed by atoms with van der Waals surface area (Å²) in [5.74, 6) is 0. The van der Waals surface area contributed by atoms with Crippen LogP contribution in [0, 0.1) is 0 Å². The summed E-state index contributed by atoms with van der Waals surface area (Å²) in [5.41, 5.74) is 1.29. The lowest BCUT2D eigenvalue weighted by atomic mass is 10.2. The molecule has 0 bridgehead atoms. The zero-order valence-corrected chi connectivity index (χ0v) is 22.6. The van der Waals surface area contributed by atoms with Crippen molar-refractivity contribution >= 4 is 29.9 Å². The molecule has 28 heavy (non-hydrogen) atoms. The molecule has 0 spiro atoms. The highest BCUT2D eigenvalue weighted by Gasteiger charge is 2.54. The van der Waals surface area contributed by atoms with Crippen LogP contribution in [-0.2, 0) is 6.54 Å². The number of nitrogens with zero attached hydrogens (tertiary/aromatic N) is 7. The van der Waals surface area contributed by atoms with E-state index in [1.54, 1.807) is 0 Å². The molecule has 0 amide bonds. The number of benzene rings is 1.